The van der Waals surface area contributed by atoms with Crippen LogP contribution in [-0.2, 0) is 22.5 Å². The highest BCUT2D eigenvalue weighted by Crippen LogP contribution is 2.30. The van der Waals surface area contributed by atoms with E-state index in [0.29, 0.717) is 23.0 Å². The molecule has 26 heavy (non-hydrogen) atoms. The van der Waals surface area contributed by atoms with Gasteiger partial charge in [-0.05, 0) is 43.7 Å². The molecule has 0 unspecified atom stereocenters. The SMILES string of the molecule is CCOC(=O)Cn1c(SC)nc2c(c1=O)N[C@H](c1ccc(F)cc1)CC2. The Balaban J connectivity index is 1.94. The fourth-order valence-corrected chi connectivity index (χ4v) is 3.58. The summed E-state index contributed by atoms with van der Waals surface area (Å²) in [5.41, 5.74) is 1.70. The molecule has 6 nitrogen and oxygen atoms in total. The van der Waals surface area contributed by atoms with Crippen LogP contribution in [0.5, 0.6) is 0 Å². The third kappa shape index (κ3) is 3.75. The van der Waals surface area contributed by atoms with E-state index in [1.165, 1.54) is 28.5 Å². The Kier molecular flexibility index (Phi) is 5.61. The molecule has 0 saturated heterocycles. The summed E-state index contributed by atoms with van der Waals surface area (Å²) in [5.74, 6) is -0.773. The molecule has 0 amide bonds. The van der Waals surface area contributed by atoms with E-state index in [1.54, 1.807) is 19.1 Å². The molecule has 1 aromatic carbocycles. The molecule has 2 aromatic rings. The van der Waals surface area contributed by atoms with Gasteiger partial charge in [-0.15, -0.1) is 0 Å². The summed E-state index contributed by atoms with van der Waals surface area (Å²) in [5, 5.41) is 3.71. The van der Waals surface area contributed by atoms with Crippen molar-refractivity contribution < 1.29 is 13.9 Å². The van der Waals surface area contributed by atoms with E-state index in [9.17, 15) is 14.0 Å². The second kappa shape index (κ2) is 7.90. The third-order valence-electron chi connectivity index (χ3n) is 4.24. The van der Waals surface area contributed by atoms with Gasteiger partial charge in [-0.2, -0.15) is 0 Å². The van der Waals surface area contributed by atoms with Gasteiger partial charge in [0.25, 0.3) is 5.56 Å². The summed E-state index contributed by atoms with van der Waals surface area (Å²) < 4.78 is 19.4. The highest BCUT2D eigenvalue weighted by Gasteiger charge is 2.26. The number of rotatable bonds is 5. The van der Waals surface area contributed by atoms with Gasteiger partial charge in [-0.3, -0.25) is 14.2 Å². The summed E-state index contributed by atoms with van der Waals surface area (Å²) in [6.45, 7) is 1.80. The zero-order valence-electron chi connectivity index (χ0n) is 14.6. The first-order chi connectivity index (χ1) is 12.5. The second-order valence-electron chi connectivity index (χ2n) is 5.90. The summed E-state index contributed by atoms with van der Waals surface area (Å²) >= 11 is 1.32. The van der Waals surface area contributed by atoms with Gasteiger partial charge in [-0.25, -0.2) is 9.37 Å². The maximum atomic E-state index is 13.1. The van der Waals surface area contributed by atoms with E-state index in [2.05, 4.69) is 10.3 Å². The minimum absolute atomic E-state index is 0.103. The Hall–Kier alpha value is -2.35. The minimum atomic E-state index is -0.474. The Morgan fingerprint density at radius 2 is 2.15 bits per heavy atom. The number of aryl methyl sites for hydroxylation is 1. The standard InChI is InChI=1S/C18H20FN3O3S/c1-3-25-15(23)10-22-17(24)16-14(21-18(22)26-2)9-8-13(20-16)11-4-6-12(19)7-5-11/h4-7,13,20H,3,8-10H2,1-2H3/t13-/m0/s1. The normalized spacial score (nSPS) is 15.9. The topological polar surface area (TPSA) is 73.2 Å². The van der Waals surface area contributed by atoms with Crippen molar-refractivity contribution in [2.24, 2.45) is 0 Å². The number of carbonyl (C=O) groups excluding carboxylic acids is 1. The zero-order valence-corrected chi connectivity index (χ0v) is 15.4. The molecular formula is C18H20FN3O3S. The smallest absolute Gasteiger partial charge is 0.326 e. The zero-order chi connectivity index (χ0) is 18.7. The van der Waals surface area contributed by atoms with Crippen LogP contribution in [-0.4, -0.2) is 28.4 Å². The third-order valence-corrected chi connectivity index (χ3v) is 4.92. The van der Waals surface area contributed by atoms with Crippen LogP contribution in [0.2, 0.25) is 0 Å². The van der Waals surface area contributed by atoms with Crippen LogP contribution in [0.3, 0.4) is 0 Å². The lowest BCUT2D eigenvalue weighted by atomic mass is 9.96. The van der Waals surface area contributed by atoms with Gasteiger partial charge in [0, 0.05) is 0 Å². The highest BCUT2D eigenvalue weighted by atomic mass is 32.2. The molecule has 0 spiro atoms. The van der Waals surface area contributed by atoms with Crippen molar-refractivity contribution >= 4 is 23.4 Å². The number of nitrogens with one attached hydrogen (secondary N) is 1. The molecule has 0 bridgehead atoms. The number of nitrogens with zero attached hydrogens (tertiary/aromatic N) is 2. The molecule has 0 saturated carbocycles. The lowest BCUT2D eigenvalue weighted by Gasteiger charge is -2.27. The molecule has 138 valence electrons. The number of hydrogen-bond donors (Lipinski definition) is 1. The number of fused-ring (bicyclic) bond motifs is 1. The Labute approximate surface area is 154 Å². The molecule has 2 heterocycles. The first-order valence-corrected chi connectivity index (χ1v) is 9.61. The molecule has 0 aliphatic carbocycles. The second-order valence-corrected chi connectivity index (χ2v) is 6.68. The number of esters is 1. The van der Waals surface area contributed by atoms with Crippen LogP contribution in [0.1, 0.15) is 30.6 Å². The predicted molar refractivity (Wildman–Crippen MR) is 98.0 cm³/mol. The van der Waals surface area contributed by atoms with Gasteiger partial charge < -0.3 is 10.1 Å². The lowest BCUT2D eigenvalue weighted by Crippen LogP contribution is -2.34. The Bertz CT molecular complexity index is 867. The van der Waals surface area contributed by atoms with Crippen LogP contribution in [0.4, 0.5) is 10.1 Å². The van der Waals surface area contributed by atoms with Crippen molar-refractivity contribution in [2.75, 3.05) is 18.2 Å². The van der Waals surface area contributed by atoms with Gasteiger partial charge in [0.2, 0.25) is 0 Å². The first-order valence-electron chi connectivity index (χ1n) is 8.38. The minimum Gasteiger partial charge on any atom is -0.465 e. The van der Waals surface area contributed by atoms with E-state index >= 15 is 0 Å². The van der Waals surface area contributed by atoms with E-state index in [0.717, 1.165) is 12.0 Å². The molecule has 1 N–H and O–H groups in total. The van der Waals surface area contributed by atoms with Crippen molar-refractivity contribution in [3.05, 3.63) is 51.7 Å². The van der Waals surface area contributed by atoms with Crippen molar-refractivity contribution in [2.45, 2.75) is 37.5 Å². The van der Waals surface area contributed by atoms with Gasteiger partial charge in [-0.1, -0.05) is 23.9 Å². The maximum Gasteiger partial charge on any atom is 0.326 e. The van der Waals surface area contributed by atoms with Crippen molar-refractivity contribution in [1.82, 2.24) is 9.55 Å². The van der Waals surface area contributed by atoms with Gasteiger partial charge >= 0.3 is 5.97 Å². The quantitative estimate of drug-likeness (QED) is 0.491. The van der Waals surface area contributed by atoms with Crippen LogP contribution in [0, 0.1) is 5.82 Å². The average Bonchev–Trinajstić information content (AvgIpc) is 2.64. The molecule has 1 atom stereocenters. The molecule has 3 rings (SSSR count). The van der Waals surface area contributed by atoms with Gasteiger partial charge in [0.15, 0.2) is 5.16 Å². The predicted octanol–water partition coefficient (Wildman–Crippen LogP) is 2.77. The summed E-state index contributed by atoms with van der Waals surface area (Å²) in [6.07, 6.45) is 3.20. The number of anilines is 1. The molecule has 1 aliphatic rings. The summed E-state index contributed by atoms with van der Waals surface area (Å²) in [7, 11) is 0. The first kappa shape index (κ1) is 18.4. The summed E-state index contributed by atoms with van der Waals surface area (Å²) in [6, 6.07) is 6.12. The van der Waals surface area contributed by atoms with Gasteiger partial charge in [0.1, 0.15) is 18.0 Å². The van der Waals surface area contributed by atoms with E-state index in [1.807, 2.05) is 6.26 Å². The Morgan fingerprint density at radius 1 is 1.42 bits per heavy atom. The number of hydrogen-bond acceptors (Lipinski definition) is 6. The fraction of sp³-hybridized carbons (Fsp3) is 0.389. The maximum absolute atomic E-state index is 13.1. The number of ether oxygens (including phenoxy) is 1. The van der Waals surface area contributed by atoms with Crippen LogP contribution in [0.25, 0.3) is 0 Å². The number of thioether (sulfide) groups is 1. The molecule has 0 fully saturated rings. The molecule has 8 heteroatoms. The van der Waals surface area contributed by atoms with Crippen LogP contribution in [0.15, 0.2) is 34.2 Å². The van der Waals surface area contributed by atoms with E-state index < -0.39 is 5.97 Å². The van der Waals surface area contributed by atoms with Crippen LogP contribution >= 0.6 is 11.8 Å². The van der Waals surface area contributed by atoms with Crippen molar-refractivity contribution in [1.29, 1.82) is 0 Å². The average molecular weight is 377 g/mol. The van der Waals surface area contributed by atoms with E-state index in [-0.39, 0.29) is 30.6 Å². The molecule has 0 radical (unpaired) electrons. The highest BCUT2D eigenvalue weighted by molar-refractivity contribution is 7.98. The molecular weight excluding hydrogens is 357 g/mol. The molecule has 1 aromatic heterocycles. The fourth-order valence-electron chi connectivity index (χ4n) is 3.01. The van der Waals surface area contributed by atoms with Crippen molar-refractivity contribution in [3.8, 4) is 0 Å². The monoisotopic (exact) mass is 377 g/mol. The van der Waals surface area contributed by atoms with Crippen molar-refractivity contribution in [3.63, 3.8) is 0 Å². The van der Waals surface area contributed by atoms with E-state index in [4.69, 9.17) is 4.74 Å². The van der Waals surface area contributed by atoms with Gasteiger partial charge in [0.05, 0.1) is 18.3 Å². The number of aromatic nitrogens is 2. The lowest BCUT2D eigenvalue weighted by molar-refractivity contribution is -0.144. The number of benzene rings is 1. The molecule has 1 aliphatic heterocycles. The summed E-state index contributed by atoms with van der Waals surface area (Å²) in [4.78, 5) is 29.3. The largest absolute Gasteiger partial charge is 0.465 e. The van der Waals surface area contributed by atoms with Crippen LogP contribution < -0.4 is 10.9 Å². The number of carbonyl (C=O) groups is 1. The Morgan fingerprint density at radius 3 is 2.81 bits per heavy atom. The number of halogens is 1.